The van der Waals surface area contributed by atoms with Crippen LogP contribution in [0, 0.1) is 11.3 Å². The third kappa shape index (κ3) is 5.03. The third-order valence-corrected chi connectivity index (χ3v) is 3.86. The summed E-state index contributed by atoms with van der Waals surface area (Å²) < 4.78 is 5.51. The highest BCUT2D eigenvalue weighted by Gasteiger charge is 2.18. The second-order valence-corrected chi connectivity index (χ2v) is 5.55. The van der Waals surface area contributed by atoms with E-state index in [2.05, 4.69) is 10.6 Å². The van der Waals surface area contributed by atoms with Gasteiger partial charge in [-0.05, 0) is 31.9 Å². The van der Waals surface area contributed by atoms with Crippen molar-refractivity contribution in [3.63, 3.8) is 0 Å². The molecule has 1 aliphatic carbocycles. The Kier molecular flexibility index (Phi) is 6.49. The maximum absolute atomic E-state index is 12.2. The van der Waals surface area contributed by atoms with Crippen LogP contribution < -0.4 is 15.4 Å². The molecule has 1 aromatic rings. The summed E-state index contributed by atoms with van der Waals surface area (Å²) in [6, 6.07) is 9.57. The number of nitrogens with zero attached hydrogens (tertiary/aromatic N) is 1. The Morgan fingerprint density at radius 3 is 2.78 bits per heavy atom. The maximum Gasteiger partial charge on any atom is 0.263 e. The fourth-order valence-corrected chi connectivity index (χ4v) is 2.68. The van der Waals surface area contributed by atoms with Crippen LogP contribution in [0.2, 0.25) is 0 Å². The van der Waals surface area contributed by atoms with Crippen molar-refractivity contribution >= 4 is 11.6 Å². The number of nitriles is 1. The van der Waals surface area contributed by atoms with Gasteiger partial charge >= 0.3 is 0 Å². The largest absolute Gasteiger partial charge is 0.492 e. The van der Waals surface area contributed by atoms with E-state index in [4.69, 9.17) is 4.74 Å². The molecule has 0 spiro atoms. The molecular formula is C18H23N3O2. The van der Waals surface area contributed by atoms with Crippen LogP contribution in [0.3, 0.4) is 0 Å². The molecule has 0 aromatic heterocycles. The molecule has 5 nitrogen and oxygen atoms in total. The molecule has 2 N–H and O–H groups in total. The molecule has 1 fully saturated rings. The van der Waals surface area contributed by atoms with E-state index < -0.39 is 0 Å². The zero-order valence-corrected chi connectivity index (χ0v) is 13.5. The SMILES string of the molecule is CCOc1ccccc1N/C=C(\C#N)C(=O)NC1CCCCC1. The molecule has 1 saturated carbocycles. The van der Waals surface area contributed by atoms with Gasteiger partial charge in [0, 0.05) is 12.2 Å². The van der Waals surface area contributed by atoms with Crippen LogP contribution >= 0.6 is 0 Å². The Hall–Kier alpha value is -2.48. The van der Waals surface area contributed by atoms with E-state index in [0.717, 1.165) is 31.4 Å². The highest BCUT2D eigenvalue weighted by molar-refractivity contribution is 5.97. The summed E-state index contributed by atoms with van der Waals surface area (Å²) in [6.07, 6.45) is 6.92. The Bertz CT molecular complexity index is 599. The minimum atomic E-state index is -0.319. The number of carbonyl (C=O) groups is 1. The summed E-state index contributed by atoms with van der Waals surface area (Å²) in [4.78, 5) is 12.2. The molecule has 1 aliphatic rings. The number of benzene rings is 1. The summed E-state index contributed by atoms with van der Waals surface area (Å²) >= 11 is 0. The summed E-state index contributed by atoms with van der Waals surface area (Å²) in [7, 11) is 0. The molecule has 5 heteroatoms. The fraction of sp³-hybridized carbons (Fsp3) is 0.444. The zero-order valence-electron chi connectivity index (χ0n) is 13.5. The summed E-state index contributed by atoms with van der Waals surface area (Å²) in [5.74, 6) is 0.372. The molecule has 0 bridgehead atoms. The monoisotopic (exact) mass is 313 g/mol. The van der Waals surface area contributed by atoms with Crippen molar-refractivity contribution in [2.24, 2.45) is 0 Å². The molecule has 2 rings (SSSR count). The molecular weight excluding hydrogens is 290 g/mol. The van der Waals surface area contributed by atoms with E-state index in [1.165, 1.54) is 12.6 Å². The molecule has 122 valence electrons. The van der Waals surface area contributed by atoms with Crippen molar-refractivity contribution in [2.45, 2.75) is 45.1 Å². The summed E-state index contributed by atoms with van der Waals surface area (Å²) in [6.45, 7) is 2.46. The molecule has 0 aliphatic heterocycles. The molecule has 0 atom stereocenters. The number of hydrogen-bond donors (Lipinski definition) is 2. The molecule has 0 heterocycles. The van der Waals surface area contributed by atoms with E-state index in [1.807, 2.05) is 37.3 Å². The van der Waals surface area contributed by atoms with E-state index in [-0.39, 0.29) is 17.5 Å². The maximum atomic E-state index is 12.2. The smallest absolute Gasteiger partial charge is 0.263 e. The van der Waals surface area contributed by atoms with Crippen LogP contribution in [0.15, 0.2) is 36.0 Å². The second-order valence-electron chi connectivity index (χ2n) is 5.55. The number of hydrogen-bond acceptors (Lipinski definition) is 4. The Morgan fingerprint density at radius 1 is 1.35 bits per heavy atom. The van der Waals surface area contributed by atoms with Crippen molar-refractivity contribution in [3.05, 3.63) is 36.0 Å². The zero-order chi connectivity index (χ0) is 16.5. The van der Waals surface area contributed by atoms with Crippen LogP contribution in [-0.2, 0) is 4.79 Å². The van der Waals surface area contributed by atoms with Crippen molar-refractivity contribution < 1.29 is 9.53 Å². The highest BCUT2D eigenvalue weighted by atomic mass is 16.5. The second kappa shape index (κ2) is 8.84. The average molecular weight is 313 g/mol. The van der Waals surface area contributed by atoms with Gasteiger partial charge in [0.15, 0.2) is 0 Å². The van der Waals surface area contributed by atoms with Gasteiger partial charge in [0.25, 0.3) is 5.91 Å². The lowest BCUT2D eigenvalue weighted by molar-refractivity contribution is -0.118. The lowest BCUT2D eigenvalue weighted by atomic mass is 9.95. The molecule has 1 aromatic carbocycles. The molecule has 0 unspecified atom stereocenters. The van der Waals surface area contributed by atoms with Gasteiger partial charge in [-0.15, -0.1) is 0 Å². The van der Waals surface area contributed by atoms with E-state index in [0.29, 0.717) is 12.4 Å². The number of ether oxygens (including phenoxy) is 1. The standard InChI is InChI=1S/C18H23N3O2/c1-2-23-17-11-7-6-10-16(17)20-13-14(12-19)18(22)21-15-8-4-3-5-9-15/h6-7,10-11,13,15,20H,2-5,8-9H2,1H3,(H,21,22)/b14-13+. The number of amides is 1. The van der Waals surface area contributed by atoms with Crippen LogP contribution in [0.1, 0.15) is 39.0 Å². The Labute approximate surface area is 137 Å². The number of anilines is 1. The van der Waals surface area contributed by atoms with E-state index in [1.54, 1.807) is 0 Å². The molecule has 0 radical (unpaired) electrons. The Balaban J connectivity index is 2.01. The quantitative estimate of drug-likeness (QED) is 0.624. The first-order valence-corrected chi connectivity index (χ1v) is 8.14. The van der Waals surface area contributed by atoms with Gasteiger partial charge < -0.3 is 15.4 Å². The van der Waals surface area contributed by atoms with Gasteiger partial charge in [0.2, 0.25) is 0 Å². The summed E-state index contributed by atoms with van der Waals surface area (Å²) in [5.41, 5.74) is 0.800. The topological polar surface area (TPSA) is 74.1 Å². The van der Waals surface area contributed by atoms with Gasteiger partial charge in [0.05, 0.1) is 12.3 Å². The summed E-state index contributed by atoms with van der Waals surface area (Å²) in [5, 5.41) is 15.2. The third-order valence-electron chi connectivity index (χ3n) is 3.86. The van der Waals surface area contributed by atoms with Crippen molar-refractivity contribution in [3.8, 4) is 11.8 Å². The van der Waals surface area contributed by atoms with Crippen LogP contribution in [0.5, 0.6) is 5.75 Å². The Morgan fingerprint density at radius 2 is 2.09 bits per heavy atom. The predicted molar refractivity (Wildman–Crippen MR) is 89.9 cm³/mol. The van der Waals surface area contributed by atoms with Gasteiger partial charge in [-0.3, -0.25) is 4.79 Å². The highest BCUT2D eigenvalue weighted by Crippen LogP contribution is 2.24. The normalized spacial score (nSPS) is 15.6. The number of carbonyl (C=O) groups excluding carboxylic acids is 1. The average Bonchev–Trinajstić information content (AvgIpc) is 2.58. The predicted octanol–water partition coefficient (Wildman–Crippen LogP) is 3.35. The minimum absolute atomic E-state index is 0.0712. The van der Waals surface area contributed by atoms with Crippen LogP contribution in [0.25, 0.3) is 0 Å². The first-order chi connectivity index (χ1) is 11.2. The lowest BCUT2D eigenvalue weighted by Gasteiger charge is -2.22. The van der Waals surface area contributed by atoms with Crippen molar-refractivity contribution in [1.29, 1.82) is 5.26 Å². The number of nitrogens with one attached hydrogen (secondary N) is 2. The van der Waals surface area contributed by atoms with Crippen LogP contribution in [0.4, 0.5) is 5.69 Å². The van der Waals surface area contributed by atoms with Crippen LogP contribution in [-0.4, -0.2) is 18.6 Å². The fourth-order valence-electron chi connectivity index (χ4n) is 2.68. The molecule has 1 amide bonds. The minimum Gasteiger partial charge on any atom is -0.492 e. The lowest BCUT2D eigenvalue weighted by Crippen LogP contribution is -2.37. The van der Waals surface area contributed by atoms with Crippen molar-refractivity contribution in [2.75, 3.05) is 11.9 Å². The van der Waals surface area contributed by atoms with Crippen molar-refractivity contribution in [1.82, 2.24) is 5.32 Å². The van der Waals surface area contributed by atoms with Gasteiger partial charge in [-0.2, -0.15) is 5.26 Å². The van der Waals surface area contributed by atoms with E-state index >= 15 is 0 Å². The van der Waals surface area contributed by atoms with Gasteiger partial charge in [-0.1, -0.05) is 31.4 Å². The number of rotatable bonds is 6. The van der Waals surface area contributed by atoms with E-state index in [9.17, 15) is 10.1 Å². The molecule has 23 heavy (non-hydrogen) atoms. The number of para-hydroxylation sites is 2. The molecule has 0 saturated heterocycles. The first kappa shape index (κ1) is 16.9. The first-order valence-electron chi connectivity index (χ1n) is 8.14. The van der Waals surface area contributed by atoms with Gasteiger partial charge in [0.1, 0.15) is 17.4 Å². The van der Waals surface area contributed by atoms with Gasteiger partial charge in [-0.25, -0.2) is 0 Å².